The molecular formula is C18H23N3O2S. The number of carboxylic acids is 1. The third-order valence-corrected chi connectivity index (χ3v) is 4.34. The molecule has 0 amide bonds. The van der Waals surface area contributed by atoms with Gasteiger partial charge in [-0.05, 0) is 30.4 Å². The normalized spacial score (nSPS) is 12.0. The number of aromatic nitrogens is 2. The molecule has 5 nitrogen and oxygen atoms in total. The summed E-state index contributed by atoms with van der Waals surface area (Å²) in [5, 5.41) is 12.3. The van der Waals surface area contributed by atoms with E-state index in [1.165, 1.54) is 5.56 Å². The number of hydrogen-bond donors (Lipinski definition) is 2. The van der Waals surface area contributed by atoms with Gasteiger partial charge in [-0.15, -0.1) is 0 Å². The van der Waals surface area contributed by atoms with E-state index in [0.717, 1.165) is 30.0 Å². The van der Waals surface area contributed by atoms with E-state index in [-0.39, 0.29) is 0 Å². The zero-order chi connectivity index (χ0) is 17.2. The van der Waals surface area contributed by atoms with Gasteiger partial charge in [0.1, 0.15) is 11.9 Å². The van der Waals surface area contributed by atoms with Crippen LogP contribution in [-0.2, 0) is 24.2 Å². The summed E-state index contributed by atoms with van der Waals surface area (Å²) >= 11 is 1.65. The van der Waals surface area contributed by atoms with Gasteiger partial charge < -0.3 is 10.4 Å². The molecule has 0 saturated carbocycles. The van der Waals surface area contributed by atoms with E-state index in [4.69, 9.17) is 0 Å². The van der Waals surface area contributed by atoms with Gasteiger partial charge in [0.25, 0.3) is 0 Å². The highest BCUT2D eigenvalue weighted by atomic mass is 32.2. The molecule has 1 aromatic heterocycles. The summed E-state index contributed by atoms with van der Waals surface area (Å²) in [7, 11) is 0. The first kappa shape index (κ1) is 18.4. The first-order valence-corrected chi connectivity index (χ1v) is 9.37. The van der Waals surface area contributed by atoms with Crippen LogP contribution in [0.2, 0.25) is 0 Å². The molecule has 24 heavy (non-hydrogen) atoms. The second-order valence-electron chi connectivity index (χ2n) is 5.55. The fourth-order valence-electron chi connectivity index (χ4n) is 2.29. The second-order valence-corrected chi connectivity index (χ2v) is 6.53. The number of carbonyl (C=O) groups is 1. The Morgan fingerprint density at radius 2 is 1.88 bits per heavy atom. The van der Waals surface area contributed by atoms with Gasteiger partial charge in [0.05, 0.1) is 0 Å². The summed E-state index contributed by atoms with van der Waals surface area (Å²) in [6.07, 6.45) is 7.83. The average Bonchev–Trinajstić information content (AvgIpc) is 2.61. The SMILES string of the molecule is CSCC[C@H](NCc1cnc(CCc2ccccc2)nc1)C(=O)O. The van der Waals surface area contributed by atoms with Gasteiger partial charge in [-0.3, -0.25) is 4.79 Å². The van der Waals surface area contributed by atoms with Crippen molar-refractivity contribution in [3.63, 3.8) is 0 Å². The van der Waals surface area contributed by atoms with E-state index in [1.54, 1.807) is 24.2 Å². The molecule has 0 fully saturated rings. The van der Waals surface area contributed by atoms with Crippen LogP contribution in [0.4, 0.5) is 0 Å². The summed E-state index contributed by atoms with van der Waals surface area (Å²) in [6, 6.07) is 9.72. The number of hydrogen-bond acceptors (Lipinski definition) is 5. The Balaban J connectivity index is 1.81. The quantitative estimate of drug-likeness (QED) is 0.689. The highest BCUT2D eigenvalue weighted by molar-refractivity contribution is 7.98. The van der Waals surface area contributed by atoms with Crippen molar-refractivity contribution in [1.82, 2.24) is 15.3 Å². The summed E-state index contributed by atoms with van der Waals surface area (Å²) < 4.78 is 0. The molecule has 0 aliphatic rings. The number of benzene rings is 1. The summed E-state index contributed by atoms with van der Waals surface area (Å²) in [5.41, 5.74) is 2.17. The fraction of sp³-hybridized carbons (Fsp3) is 0.389. The minimum Gasteiger partial charge on any atom is -0.480 e. The monoisotopic (exact) mass is 345 g/mol. The molecule has 0 unspecified atom stereocenters. The fourth-order valence-corrected chi connectivity index (χ4v) is 2.76. The molecule has 1 atom stereocenters. The molecule has 1 aromatic carbocycles. The van der Waals surface area contributed by atoms with Crippen LogP contribution in [0.3, 0.4) is 0 Å². The van der Waals surface area contributed by atoms with Crippen molar-refractivity contribution in [2.24, 2.45) is 0 Å². The van der Waals surface area contributed by atoms with Crippen LogP contribution in [0.1, 0.15) is 23.4 Å². The smallest absolute Gasteiger partial charge is 0.320 e. The Morgan fingerprint density at radius 3 is 2.50 bits per heavy atom. The summed E-state index contributed by atoms with van der Waals surface area (Å²) in [4.78, 5) is 19.9. The predicted molar refractivity (Wildman–Crippen MR) is 97.1 cm³/mol. The maximum absolute atomic E-state index is 11.2. The van der Waals surface area contributed by atoms with E-state index < -0.39 is 12.0 Å². The van der Waals surface area contributed by atoms with Gasteiger partial charge in [-0.25, -0.2) is 9.97 Å². The highest BCUT2D eigenvalue weighted by Gasteiger charge is 2.15. The Bertz CT molecular complexity index is 620. The van der Waals surface area contributed by atoms with E-state index in [2.05, 4.69) is 27.4 Å². The van der Waals surface area contributed by atoms with Crippen molar-refractivity contribution in [2.75, 3.05) is 12.0 Å². The van der Waals surface area contributed by atoms with E-state index >= 15 is 0 Å². The molecule has 0 bridgehead atoms. The number of rotatable bonds is 10. The van der Waals surface area contributed by atoms with Gasteiger partial charge in [-0.1, -0.05) is 30.3 Å². The topological polar surface area (TPSA) is 75.1 Å². The number of nitrogens with zero attached hydrogens (tertiary/aromatic N) is 2. The zero-order valence-corrected chi connectivity index (χ0v) is 14.6. The minimum atomic E-state index is -0.815. The first-order valence-electron chi connectivity index (χ1n) is 7.98. The molecule has 128 valence electrons. The van der Waals surface area contributed by atoms with Crippen LogP contribution >= 0.6 is 11.8 Å². The summed E-state index contributed by atoms with van der Waals surface area (Å²) in [5.74, 6) is 0.808. The van der Waals surface area contributed by atoms with Crippen molar-refractivity contribution in [3.8, 4) is 0 Å². The lowest BCUT2D eigenvalue weighted by atomic mass is 10.1. The molecule has 0 aliphatic heterocycles. The molecule has 0 radical (unpaired) electrons. The zero-order valence-electron chi connectivity index (χ0n) is 13.8. The first-order chi connectivity index (χ1) is 11.7. The minimum absolute atomic E-state index is 0.463. The molecule has 6 heteroatoms. The average molecular weight is 345 g/mol. The number of thioether (sulfide) groups is 1. The lowest BCUT2D eigenvalue weighted by molar-refractivity contribution is -0.139. The number of aryl methyl sites for hydroxylation is 2. The third kappa shape index (κ3) is 6.29. The highest BCUT2D eigenvalue weighted by Crippen LogP contribution is 2.06. The van der Waals surface area contributed by atoms with Crippen LogP contribution in [0.25, 0.3) is 0 Å². The Labute approximate surface area is 146 Å². The van der Waals surface area contributed by atoms with Crippen LogP contribution < -0.4 is 5.32 Å². The van der Waals surface area contributed by atoms with E-state index in [9.17, 15) is 9.90 Å². The lowest BCUT2D eigenvalue weighted by Gasteiger charge is -2.13. The van der Waals surface area contributed by atoms with Crippen molar-refractivity contribution >= 4 is 17.7 Å². The number of carboxylic acid groups (broad SMARTS) is 1. The number of nitrogens with one attached hydrogen (secondary N) is 1. The van der Waals surface area contributed by atoms with Crippen LogP contribution in [0.15, 0.2) is 42.7 Å². The largest absolute Gasteiger partial charge is 0.480 e. The van der Waals surface area contributed by atoms with Gasteiger partial charge >= 0.3 is 5.97 Å². The van der Waals surface area contributed by atoms with Crippen LogP contribution in [0, 0.1) is 0 Å². The molecule has 2 N–H and O–H groups in total. The van der Waals surface area contributed by atoms with Gasteiger partial charge in [-0.2, -0.15) is 11.8 Å². The maximum Gasteiger partial charge on any atom is 0.320 e. The van der Waals surface area contributed by atoms with Crippen molar-refractivity contribution < 1.29 is 9.90 Å². The predicted octanol–water partition coefficient (Wildman–Crippen LogP) is 2.56. The summed E-state index contributed by atoms with van der Waals surface area (Å²) in [6.45, 7) is 0.463. The molecule has 0 aliphatic carbocycles. The Morgan fingerprint density at radius 1 is 1.17 bits per heavy atom. The number of aliphatic carboxylic acids is 1. The third-order valence-electron chi connectivity index (χ3n) is 3.70. The van der Waals surface area contributed by atoms with Crippen LogP contribution in [-0.4, -0.2) is 39.1 Å². The Kier molecular flexibility index (Phi) is 7.71. The van der Waals surface area contributed by atoms with Crippen LogP contribution in [0.5, 0.6) is 0 Å². The van der Waals surface area contributed by atoms with Gasteiger partial charge in [0.2, 0.25) is 0 Å². The Hall–Kier alpha value is -1.92. The van der Waals surface area contributed by atoms with Gasteiger partial charge in [0.15, 0.2) is 0 Å². The molecule has 0 spiro atoms. The lowest BCUT2D eigenvalue weighted by Crippen LogP contribution is -2.36. The van der Waals surface area contributed by atoms with Crippen molar-refractivity contribution in [1.29, 1.82) is 0 Å². The standard InChI is InChI=1S/C18H23N3O2S/c1-24-10-9-16(18(22)23)19-11-15-12-20-17(21-13-15)8-7-14-5-3-2-4-6-14/h2-6,12-13,16,19H,7-11H2,1H3,(H,22,23)/t16-/m0/s1. The molecular weight excluding hydrogens is 322 g/mol. The van der Waals surface area contributed by atoms with E-state index in [0.29, 0.717) is 13.0 Å². The van der Waals surface area contributed by atoms with Gasteiger partial charge in [0, 0.05) is 30.9 Å². The second kappa shape index (κ2) is 10.1. The molecule has 1 heterocycles. The maximum atomic E-state index is 11.2. The molecule has 2 rings (SSSR count). The molecule has 0 saturated heterocycles. The van der Waals surface area contributed by atoms with Crippen molar-refractivity contribution in [2.45, 2.75) is 31.8 Å². The van der Waals surface area contributed by atoms with E-state index in [1.807, 2.05) is 24.5 Å². The van der Waals surface area contributed by atoms with Crippen molar-refractivity contribution in [3.05, 3.63) is 59.7 Å². The molecule has 2 aromatic rings.